The average molecular weight is 427 g/mol. The van der Waals surface area contributed by atoms with Crippen LogP contribution in [-0.2, 0) is 0 Å². The van der Waals surface area contributed by atoms with E-state index in [1.807, 2.05) is 6.92 Å². The molecule has 0 bridgehead atoms. The molecular formula is C22H33F3N4O. The van der Waals surface area contributed by atoms with Crippen molar-refractivity contribution in [2.24, 2.45) is 10.9 Å². The Hall–Kier alpha value is -1.96. The summed E-state index contributed by atoms with van der Waals surface area (Å²) in [5.74, 6) is 1.30. The molecule has 168 valence electrons. The largest absolute Gasteiger partial charge is 0.573 e. The van der Waals surface area contributed by atoms with Gasteiger partial charge in [-0.1, -0.05) is 32.0 Å². The molecule has 0 radical (unpaired) electrons. The second-order valence-corrected chi connectivity index (χ2v) is 8.61. The Morgan fingerprint density at radius 2 is 1.90 bits per heavy atom. The number of rotatable bonds is 7. The van der Waals surface area contributed by atoms with Gasteiger partial charge in [-0.2, -0.15) is 0 Å². The number of hydrogen-bond acceptors (Lipinski definition) is 3. The van der Waals surface area contributed by atoms with Crippen LogP contribution in [0.4, 0.5) is 13.2 Å². The van der Waals surface area contributed by atoms with Crippen LogP contribution in [0.3, 0.4) is 0 Å². The Labute approximate surface area is 177 Å². The summed E-state index contributed by atoms with van der Waals surface area (Å²) >= 11 is 0. The third kappa shape index (κ3) is 6.79. The highest BCUT2D eigenvalue weighted by atomic mass is 19.4. The first-order valence-corrected chi connectivity index (χ1v) is 10.9. The van der Waals surface area contributed by atoms with E-state index < -0.39 is 6.36 Å². The molecule has 0 aromatic heterocycles. The van der Waals surface area contributed by atoms with Gasteiger partial charge in [0.25, 0.3) is 0 Å². The van der Waals surface area contributed by atoms with E-state index in [9.17, 15) is 13.2 Å². The minimum atomic E-state index is -4.69. The molecule has 1 aliphatic heterocycles. The van der Waals surface area contributed by atoms with Crippen molar-refractivity contribution in [2.45, 2.75) is 64.4 Å². The summed E-state index contributed by atoms with van der Waals surface area (Å²) in [5, 5.41) is 6.94. The van der Waals surface area contributed by atoms with Gasteiger partial charge in [0, 0.05) is 44.2 Å². The highest BCUT2D eigenvalue weighted by Gasteiger charge is 2.42. The lowest BCUT2D eigenvalue weighted by Gasteiger charge is -2.34. The van der Waals surface area contributed by atoms with Crippen molar-refractivity contribution >= 4 is 5.96 Å². The number of benzene rings is 1. The highest BCUT2D eigenvalue weighted by molar-refractivity contribution is 5.81. The van der Waals surface area contributed by atoms with Gasteiger partial charge in [-0.3, -0.25) is 4.99 Å². The first-order chi connectivity index (χ1) is 14.2. The molecular weight excluding hydrogens is 393 g/mol. The molecule has 2 N–H and O–H groups in total. The first kappa shape index (κ1) is 22.7. The number of hydrogen-bond donors (Lipinski definition) is 2. The zero-order valence-electron chi connectivity index (χ0n) is 18.0. The minimum absolute atomic E-state index is 0.0136. The van der Waals surface area contributed by atoms with Gasteiger partial charge in [0.1, 0.15) is 5.75 Å². The fourth-order valence-electron chi connectivity index (χ4n) is 4.14. The van der Waals surface area contributed by atoms with Crippen LogP contribution < -0.4 is 15.4 Å². The van der Waals surface area contributed by atoms with Crippen LogP contribution in [0.1, 0.15) is 51.5 Å². The number of halogens is 3. The van der Waals surface area contributed by atoms with Gasteiger partial charge >= 0.3 is 6.36 Å². The van der Waals surface area contributed by atoms with E-state index in [1.165, 1.54) is 6.07 Å². The third-order valence-electron chi connectivity index (χ3n) is 5.52. The molecule has 2 aliphatic rings. The van der Waals surface area contributed by atoms with Crippen LogP contribution in [0.5, 0.6) is 5.75 Å². The zero-order chi connectivity index (χ0) is 21.7. The second-order valence-electron chi connectivity index (χ2n) is 8.61. The van der Waals surface area contributed by atoms with Gasteiger partial charge in [0.2, 0.25) is 0 Å². The summed E-state index contributed by atoms with van der Waals surface area (Å²) in [4.78, 5) is 7.05. The van der Waals surface area contributed by atoms with Crippen molar-refractivity contribution in [1.29, 1.82) is 0 Å². The van der Waals surface area contributed by atoms with E-state index in [4.69, 9.17) is 0 Å². The SMILES string of the molecule is CCN=C(NC1CCN(CC(C)C)CC1)NC1CC1c1ccccc1OC(F)(F)F. The molecule has 1 aromatic carbocycles. The lowest BCUT2D eigenvalue weighted by molar-refractivity contribution is -0.274. The van der Waals surface area contributed by atoms with Crippen LogP contribution in [0, 0.1) is 5.92 Å². The maximum absolute atomic E-state index is 12.7. The van der Waals surface area contributed by atoms with Gasteiger partial charge in [0.05, 0.1) is 0 Å². The predicted molar refractivity (Wildman–Crippen MR) is 113 cm³/mol. The molecule has 3 rings (SSSR count). The Morgan fingerprint density at radius 1 is 1.20 bits per heavy atom. The lowest BCUT2D eigenvalue weighted by Crippen LogP contribution is -2.49. The topological polar surface area (TPSA) is 48.9 Å². The number of nitrogens with one attached hydrogen (secondary N) is 2. The lowest BCUT2D eigenvalue weighted by atomic mass is 10.0. The van der Waals surface area contributed by atoms with Crippen LogP contribution in [0.15, 0.2) is 29.3 Å². The number of guanidine groups is 1. The summed E-state index contributed by atoms with van der Waals surface area (Å²) in [6, 6.07) is 6.82. The second kappa shape index (κ2) is 9.90. The standard InChI is InChI=1S/C22H33F3N4O/c1-4-26-21(27-16-9-11-29(12-10-16)14-15(2)3)28-19-13-18(19)17-7-5-6-8-20(17)30-22(23,24)25/h5-8,15-16,18-19H,4,9-14H2,1-3H3,(H2,26,27,28). The molecule has 1 heterocycles. The zero-order valence-corrected chi connectivity index (χ0v) is 18.0. The highest BCUT2D eigenvalue weighted by Crippen LogP contribution is 2.45. The van der Waals surface area contributed by atoms with E-state index in [-0.39, 0.29) is 17.7 Å². The number of aliphatic imine (C=N–C) groups is 1. The fourth-order valence-corrected chi connectivity index (χ4v) is 4.14. The van der Waals surface area contributed by atoms with Crippen LogP contribution in [0.2, 0.25) is 0 Å². The smallest absolute Gasteiger partial charge is 0.405 e. The van der Waals surface area contributed by atoms with Crippen molar-refractivity contribution < 1.29 is 17.9 Å². The van der Waals surface area contributed by atoms with Crippen molar-refractivity contribution in [3.05, 3.63) is 29.8 Å². The summed E-state index contributed by atoms with van der Waals surface area (Å²) in [6.07, 6.45) is -1.80. The first-order valence-electron chi connectivity index (χ1n) is 10.9. The molecule has 2 unspecified atom stereocenters. The van der Waals surface area contributed by atoms with E-state index in [0.717, 1.165) is 44.9 Å². The molecule has 0 spiro atoms. The number of ether oxygens (including phenoxy) is 1. The molecule has 30 heavy (non-hydrogen) atoms. The van der Waals surface area contributed by atoms with Gasteiger partial charge in [-0.15, -0.1) is 13.2 Å². The van der Waals surface area contributed by atoms with Gasteiger partial charge in [0.15, 0.2) is 5.96 Å². The summed E-state index contributed by atoms with van der Waals surface area (Å²) in [5.41, 5.74) is 0.588. The average Bonchev–Trinajstić information content (AvgIpc) is 3.41. The molecule has 1 saturated carbocycles. The molecule has 2 fully saturated rings. The molecule has 1 aliphatic carbocycles. The Bertz CT molecular complexity index is 715. The van der Waals surface area contributed by atoms with Gasteiger partial charge in [-0.05, 0) is 43.7 Å². The molecule has 2 atom stereocenters. The predicted octanol–water partition coefficient (Wildman–Crippen LogP) is 4.12. The number of para-hydroxylation sites is 1. The molecule has 8 heteroatoms. The van der Waals surface area contributed by atoms with E-state index in [2.05, 4.69) is 39.1 Å². The molecule has 5 nitrogen and oxygen atoms in total. The summed E-state index contributed by atoms with van der Waals surface area (Å²) in [7, 11) is 0. The maximum atomic E-state index is 12.7. The maximum Gasteiger partial charge on any atom is 0.573 e. The number of piperidine rings is 1. The van der Waals surface area contributed by atoms with Crippen molar-refractivity contribution in [2.75, 3.05) is 26.2 Å². The van der Waals surface area contributed by atoms with E-state index >= 15 is 0 Å². The quantitative estimate of drug-likeness (QED) is 0.509. The van der Waals surface area contributed by atoms with E-state index in [1.54, 1.807) is 18.2 Å². The van der Waals surface area contributed by atoms with Crippen molar-refractivity contribution in [1.82, 2.24) is 15.5 Å². The van der Waals surface area contributed by atoms with Crippen molar-refractivity contribution in [3.63, 3.8) is 0 Å². The summed E-state index contributed by atoms with van der Waals surface area (Å²) < 4.78 is 42.3. The number of nitrogens with zero attached hydrogens (tertiary/aromatic N) is 2. The van der Waals surface area contributed by atoms with Crippen LogP contribution in [-0.4, -0.2) is 55.5 Å². The minimum Gasteiger partial charge on any atom is -0.405 e. The van der Waals surface area contributed by atoms with Gasteiger partial charge < -0.3 is 20.3 Å². The molecule has 1 saturated heterocycles. The van der Waals surface area contributed by atoms with Crippen LogP contribution in [0.25, 0.3) is 0 Å². The Balaban J connectivity index is 1.54. The number of alkyl halides is 3. The third-order valence-corrected chi connectivity index (χ3v) is 5.52. The summed E-state index contributed by atoms with van der Waals surface area (Å²) in [6.45, 7) is 10.4. The van der Waals surface area contributed by atoms with Crippen LogP contribution >= 0.6 is 0 Å². The van der Waals surface area contributed by atoms with Gasteiger partial charge in [-0.25, -0.2) is 0 Å². The molecule has 0 amide bonds. The Morgan fingerprint density at radius 3 is 2.53 bits per heavy atom. The normalized spacial score (nSPS) is 23.5. The number of likely N-dealkylation sites (tertiary alicyclic amines) is 1. The Kier molecular flexibility index (Phi) is 7.50. The fraction of sp³-hybridized carbons (Fsp3) is 0.682. The molecule has 1 aromatic rings. The monoisotopic (exact) mass is 426 g/mol. The van der Waals surface area contributed by atoms with Crippen molar-refractivity contribution in [3.8, 4) is 5.75 Å². The van der Waals surface area contributed by atoms with E-state index in [0.29, 0.717) is 24.1 Å².